The van der Waals surface area contributed by atoms with Gasteiger partial charge in [0.2, 0.25) is 0 Å². The van der Waals surface area contributed by atoms with Crippen molar-refractivity contribution >= 4 is 21.6 Å². The van der Waals surface area contributed by atoms with Crippen LogP contribution >= 0.6 is 15.9 Å². The van der Waals surface area contributed by atoms with E-state index in [1.165, 1.54) is 0 Å². The SMILES string of the molecule is CC(C)(C)C(C)(C)Nc1ccncc1Br. The average molecular weight is 271 g/mol. The monoisotopic (exact) mass is 270 g/mol. The van der Waals surface area contributed by atoms with Crippen LogP contribution in [-0.4, -0.2) is 10.5 Å². The van der Waals surface area contributed by atoms with Crippen LogP contribution in [0, 0.1) is 5.41 Å². The Hall–Kier alpha value is -0.570. The Balaban J connectivity index is 2.92. The zero-order valence-electron chi connectivity index (χ0n) is 10.1. The fourth-order valence-electron chi connectivity index (χ4n) is 1.00. The van der Waals surface area contributed by atoms with Crippen molar-refractivity contribution < 1.29 is 0 Å². The molecule has 0 saturated heterocycles. The highest BCUT2D eigenvalue weighted by Gasteiger charge is 2.32. The third kappa shape index (κ3) is 2.94. The van der Waals surface area contributed by atoms with Crippen LogP contribution in [0.3, 0.4) is 0 Å². The molecule has 1 aromatic rings. The van der Waals surface area contributed by atoms with Crippen molar-refractivity contribution in [2.45, 2.75) is 40.2 Å². The highest BCUT2D eigenvalue weighted by molar-refractivity contribution is 9.10. The maximum atomic E-state index is 4.05. The van der Waals surface area contributed by atoms with Crippen LogP contribution in [0.1, 0.15) is 34.6 Å². The lowest BCUT2D eigenvalue weighted by atomic mass is 9.76. The second kappa shape index (κ2) is 4.12. The highest BCUT2D eigenvalue weighted by Crippen LogP contribution is 2.34. The molecular weight excluding hydrogens is 252 g/mol. The maximum absolute atomic E-state index is 4.05. The molecule has 0 aliphatic heterocycles. The van der Waals surface area contributed by atoms with Gasteiger partial charge in [0.1, 0.15) is 0 Å². The number of halogens is 1. The Labute approximate surface area is 101 Å². The average Bonchev–Trinajstić information content (AvgIpc) is 2.06. The first-order valence-corrected chi connectivity index (χ1v) is 5.91. The number of rotatable bonds is 2. The van der Waals surface area contributed by atoms with E-state index in [1.54, 1.807) is 12.4 Å². The van der Waals surface area contributed by atoms with E-state index in [4.69, 9.17) is 0 Å². The third-order valence-corrected chi connectivity index (χ3v) is 3.73. The minimum absolute atomic E-state index is 0.0247. The molecule has 0 amide bonds. The predicted octanol–water partition coefficient (Wildman–Crippen LogP) is 4.08. The molecule has 1 heterocycles. The number of pyridine rings is 1. The van der Waals surface area contributed by atoms with Gasteiger partial charge >= 0.3 is 0 Å². The van der Waals surface area contributed by atoms with E-state index in [2.05, 4.69) is 60.8 Å². The normalized spacial score (nSPS) is 12.7. The summed E-state index contributed by atoms with van der Waals surface area (Å²) in [6.07, 6.45) is 3.60. The zero-order chi connectivity index (χ0) is 11.7. The smallest absolute Gasteiger partial charge is 0.0590 e. The molecule has 0 aliphatic carbocycles. The van der Waals surface area contributed by atoms with Crippen LogP contribution in [0.5, 0.6) is 0 Å². The quantitative estimate of drug-likeness (QED) is 0.876. The molecule has 0 unspecified atom stereocenters. The maximum Gasteiger partial charge on any atom is 0.0590 e. The molecule has 0 radical (unpaired) electrons. The minimum atomic E-state index is 0.0247. The van der Waals surface area contributed by atoms with Gasteiger partial charge in [-0.1, -0.05) is 20.8 Å². The second-order valence-electron chi connectivity index (χ2n) is 5.36. The van der Waals surface area contributed by atoms with Crippen LogP contribution in [0.15, 0.2) is 22.9 Å². The van der Waals surface area contributed by atoms with Gasteiger partial charge in [-0.25, -0.2) is 0 Å². The third-order valence-electron chi connectivity index (χ3n) is 3.09. The zero-order valence-corrected chi connectivity index (χ0v) is 11.6. The molecule has 15 heavy (non-hydrogen) atoms. The van der Waals surface area contributed by atoms with E-state index in [-0.39, 0.29) is 11.0 Å². The summed E-state index contributed by atoms with van der Waals surface area (Å²) in [5, 5.41) is 3.54. The van der Waals surface area contributed by atoms with E-state index < -0.39 is 0 Å². The molecule has 0 fully saturated rings. The van der Waals surface area contributed by atoms with E-state index in [0.29, 0.717) is 0 Å². The molecule has 0 spiro atoms. The molecule has 1 rings (SSSR count). The lowest BCUT2D eigenvalue weighted by Crippen LogP contribution is -2.44. The van der Waals surface area contributed by atoms with Crippen LogP contribution in [0.2, 0.25) is 0 Å². The topological polar surface area (TPSA) is 24.9 Å². The molecule has 3 heteroatoms. The molecule has 84 valence electrons. The van der Waals surface area contributed by atoms with Crippen LogP contribution in [0.4, 0.5) is 5.69 Å². The molecule has 1 aromatic heterocycles. The number of nitrogens with one attached hydrogen (secondary N) is 1. The van der Waals surface area contributed by atoms with Crippen molar-refractivity contribution in [3.63, 3.8) is 0 Å². The minimum Gasteiger partial charge on any atom is -0.379 e. The Kier molecular flexibility index (Phi) is 3.44. The summed E-state index contributed by atoms with van der Waals surface area (Å²) in [5.74, 6) is 0. The van der Waals surface area contributed by atoms with Crippen molar-refractivity contribution in [2.24, 2.45) is 5.41 Å². The molecule has 0 aliphatic rings. The summed E-state index contributed by atoms with van der Waals surface area (Å²) < 4.78 is 1.00. The van der Waals surface area contributed by atoms with Gasteiger partial charge in [0.25, 0.3) is 0 Å². The van der Waals surface area contributed by atoms with E-state index in [0.717, 1.165) is 10.2 Å². The first-order valence-electron chi connectivity index (χ1n) is 5.12. The first-order chi connectivity index (χ1) is 6.74. The van der Waals surface area contributed by atoms with E-state index in [1.807, 2.05) is 6.07 Å². The van der Waals surface area contributed by atoms with Gasteiger partial charge in [-0.2, -0.15) is 0 Å². The largest absolute Gasteiger partial charge is 0.379 e. The van der Waals surface area contributed by atoms with Crippen molar-refractivity contribution in [3.8, 4) is 0 Å². The fraction of sp³-hybridized carbons (Fsp3) is 0.583. The van der Waals surface area contributed by atoms with Gasteiger partial charge in [0.15, 0.2) is 0 Å². The molecule has 0 saturated carbocycles. The molecule has 1 N–H and O–H groups in total. The molecule has 0 bridgehead atoms. The Morgan fingerprint density at radius 2 is 1.80 bits per heavy atom. The van der Waals surface area contributed by atoms with Crippen LogP contribution in [0.25, 0.3) is 0 Å². The van der Waals surface area contributed by atoms with Crippen molar-refractivity contribution in [3.05, 3.63) is 22.9 Å². The Morgan fingerprint density at radius 1 is 1.20 bits per heavy atom. The number of hydrogen-bond donors (Lipinski definition) is 1. The van der Waals surface area contributed by atoms with Crippen molar-refractivity contribution in [2.75, 3.05) is 5.32 Å². The Bertz CT molecular complexity index is 340. The summed E-state index contributed by atoms with van der Waals surface area (Å²) in [5.41, 5.74) is 1.30. The molecular formula is C12H19BrN2. The lowest BCUT2D eigenvalue weighted by Gasteiger charge is -2.40. The standard InChI is InChI=1S/C12H19BrN2/c1-11(2,3)12(4,5)15-10-6-7-14-8-9(10)13/h6-8H,1-5H3,(H,14,15). The fourth-order valence-corrected chi connectivity index (χ4v) is 1.35. The van der Waals surface area contributed by atoms with E-state index in [9.17, 15) is 0 Å². The summed E-state index contributed by atoms with van der Waals surface area (Å²) in [4.78, 5) is 4.05. The Morgan fingerprint density at radius 3 is 2.27 bits per heavy atom. The predicted molar refractivity (Wildman–Crippen MR) is 69.1 cm³/mol. The van der Waals surface area contributed by atoms with Crippen LogP contribution in [-0.2, 0) is 0 Å². The summed E-state index contributed by atoms with van der Waals surface area (Å²) in [7, 11) is 0. The summed E-state index contributed by atoms with van der Waals surface area (Å²) >= 11 is 3.49. The van der Waals surface area contributed by atoms with Gasteiger partial charge in [0.05, 0.1) is 10.2 Å². The first kappa shape index (κ1) is 12.5. The number of anilines is 1. The van der Waals surface area contributed by atoms with E-state index >= 15 is 0 Å². The van der Waals surface area contributed by atoms with Crippen molar-refractivity contribution in [1.82, 2.24) is 4.98 Å². The van der Waals surface area contributed by atoms with Gasteiger partial charge in [-0.05, 0) is 41.3 Å². The van der Waals surface area contributed by atoms with Crippen LogP contribution < -0.4 is 5.32 Å². The van der Waals surface area contributed by atoms with Gasteiger partial charge in [-0.15, -0.1) is 0 Å². The number of aromatic nitrogens is 1. The number of nitrogens with zero attached hydrogens (tertiary/aromatic N) is 1. The summed E-state index contributed by atoms with van der Waals surface area (Å²) in [6, 6.07) is 1.98. The molecule has 2 nitrogen and oxygen atoms in total. The summed E-state index contributed by atoms with van der Waals surface area (Å²) in [6.45, 7) is 11.1. The van der Waals surface area contributed by atoms with Gasteiger partial charge in [0, 0.05) is 17.9 Å². The molecule has 0 aromatic carbocycles. The number of hydrogen-bond acceptors (Lipinski definition) is 2. The molecule has 0 atom stereocenters. The van der Waals surface area contributed by atoms with Gasteiger partial charge in [-0.3, -0.25) is 4.98 Å². The lowest BCUT2D eigenvalue weighted by molar-refractivity contribution is 0.254. The van der Waals surface area contributed by atoms with Crippen molar-refractivity contribution in [1.29, 1.82) is 0 Å². The van der Waals surface area contributed by atoms with Gasteiger partial charge < -0.3 is 5.32 Å². The second-order valence-corrected chi connectivity index (χ2v) is 6.21. The highest BCUT2D eigenvalue weighted by atomic mass is 79.9.